The smallest absolute Gasteiger partial charge is 0.261 e. The van der Waals surface area contributed by atoms with E-state index in [9.17, 15) is 9.59 Å². The first-order valence-corrected chi connectivity index (χ1v) is 15.1. The summed E-state index contributed by atoms with van der Waals surface area (Å²) < 4.78 is 3.14. The monoisotopic (exact) mass is 543 g/mol. The highest BCUT2D eigenvalue weighted by molar-refractivity contribution is 7.20. The summed E-state index contributed by atoms with van der Waals surface area (Å²) in [6.45, 7) is 4.25. The normalized spacial score (nSPS) is 16.7. The van der Waals surface area contributed by atoms with Crippen LogP contribution in [0.5, 0.6) is 0 Å². The standard InChI is InChI=1S/C31H37N5O2S/c1-34-26-12-6-5-11-25(26)33-29(34)21-36(31(38)22-9-3-2-4-10-22)24-13-14-27-23(19-24)20-28(39-27)30(37)32-15-18-35-16-7-8-17-35/h5-6,11-14,19-20,22H,2-4,7-10,15-18,21H2,1H3,(H,32,37). The molecule has 7 nitrogen and oxygen atoms in total. The van der Waals surface area contributed by atoms with Crippen LogP contribution in [0.2, 0.25) is 0 Å². The highest BCUT2D eigenvalue weighted by Crippen LogP contribution is 2.33. The second kappa shape index (κ2) is 11.5. The van der Waals surface area contributed by atoms with Gasteiger partial charge in [-0.25, -0.2) is 4.98 Å². The second-order valence-electron chi connectivity index (χ2n) is 11.0. The molecule has 204 valence electrons. The van der Waals surface area contributed by atoms with E-state index in [0.29, 0.717) is 18.0 Å². The topological polar surface area (TPSA) is 70.5 Å². The number of aryl methyl sites for hydroxylation is 1. The van der Waals surface area contributed by atoms with Gasteiger partial charge in [0.15, 0.2) is 0 Å². The Morgan fingerprint density at radius 3 is 2.62 bits per heavy atom. The Labute approximate surface area is 233 Å². The molecule has 8 heteroatoms. The van der Waals surface area contributed by atoms with Crippen LogP contribution in [-0.2, 0) is 18.4 Å². The van der Waals surface area contributed by atoms with Crippen LogP contribution in [0, 0.1) is 5.92 Å². The van der Waals surface area contributed by atoms with Crippen molar-refractivity contribution >= 4 is 50.0 Å². The molecule has 2 aromatic carbocycles. The van der Waals surface area contributed by atoms with Gasteiger partial charge in [0.05, 0.1) is 22.5 Å². The lowest BCUT2D eigenvalue weighted by molar-refractivity contribution is -0.123. The molecule has 0 atom stereocenters. The number of fused-ring (bicyclic) bond motifs is 2. The molecule has 39 heavy (non-hydrogen) atoms. The van der Waals surface area contributed by atoms with E-state index in [4.69, 9.17) is 4.98 Å². The summed E-state index contributed by atoms with van der Waals surface area (Å²) in [7, 11) is 2.02. The Kier molecular flexibility index (Phi) is 7.66. The van der Waals surface area contributed by atoms with E-state index in [2.05, 4.69) is 26.9 Å². The van der Waals surface area contributed by atoms with E-state index in [1.807, 2.05) is 48.3 Å². The Morgan fingerprint density at radius 1 is 1.03 bits per heavy atom. The lowest BCUT2D eigenvalue weighted by Gasteiger charge is -2.29. The van der Waals surface area contributed by atoms with Gasteiger partial charge in [-0.1, -0.05) is 31.4 Å². The van der Waals surface area contributed by atoms with Gasteiger partial charge in [0, 0.05) is 36.4 Å². The fourth-order valence-electron chi connectivity index (χ4n) is 6.08. The maximum Gasteiger partial charge on any atom is 0.261 e. The Hall–Kier alpha value is -3.23. The maximum absolute atomic E-state index is 13.9. The number of para-hydroxylation sites is 2. The first-order chi connectivity index (χ1) is 19.1. The van der Waals surface area contributed by atoms with Crippen molar-refractivity contribution in [3.8, 4) is 0 Å². The molecule has 0 unspecified atom stereocenters. The average molecular weight is 544 g/mol. The summed E-state index contributed by atoms with van der Waals surface area (Å²) in [5, 5.41) is 4.09. The number of carbonyl (C=O) groups excluding carboxylic acids is 2. The second-order valence-corrected chi connectivity index (χ2v) is 12.1. The number of imidazole rings is 1. The van der Waals surface area contributed by atoms with Gasteiger partial charge in [-0.3, -0.25) is 9.59 Å². The summed E-state index contributed by atoms with van der Waals surface area (Å²) in [4.78, 5) is 36.7. The van der Waals surface area contributed by atoms with E-state index in [1.54, 1.807) is 0 Å². The average Bonchev–Trinajstić information content (AvgIpc) is 3.71. The summed E-state index contributed by atoms with van der Waals surface area (Å²) >= 11 is 1.51. The number of aromatic nitrogens is 2. The van der Waals surface area contributed by atoms with Crippen LogP contribution in [0.3, 0.4) is 0 Å². The minimum atomic E-state index is -0.0215. The van der Waals surface area contributed by atoms with E-state index in [0.717, 1.165) is 77.9 Å². The molecule has 4 aromatic rings. The van der Waals surface area contributed by atoms with E-state index >= 15 is 0 Å². The molecule has 1 aliphatic heterocycles. The van der Waals surface area contributed by atoms with Crippen LogP contribution >= 0.6 is 11.3 Å². The fraction of sp³-hybridized carbons (Fsp3) is 0.452. The van der Waals surface area contributed by atoms with Gasteiger partial charge in [-0.2, -0.15) is 0 Å². The molecule has 0 radical (unpaired) electrons. The van der Waals surface area contributed by atoms with Gasteiger partial charge < -0.3 is 19.7 Å². The Bertz CT molecular complexity index is 1480. The van der Waals surface area contributed by atoms with Gasteiger partial charge in [0.25, 0.3) is 5.91 Å². The Balaban J connectivity index is 1.25. The summed E-state index contributed by atoms with van der Waals surface area (Å²) in [6, 6.07) is 16.2. The van der Waals surface area contributed by atoms with Crippen LogP contribution in [0.15, 0.2) is 48.5 Å². The van der Waals surface area contributed by atoms with Crippen LogP contribution in [0.4, 0.5) is 5.69 Å². The minimum absolute atomic E-state index is 0.0215. The predicted molar refractivity (Wildman–Crippen MR) is 158 cm³/mol. The van der Waals surface area contributed by atoms with Crippen LogP contribution < -0.4 is 10.2 Å². The van der Waals surface area contributed by atoms with Crippen molar-refractivity contribution in [3.05, 3.63) is 59.2 Å². The van der Waals surface area contributed by atoms with Crippen LogP contribution in [-0.4, -0.2) is 52.4 Å². The number of thiophene rings is 1. The first kappa shape index (κ1) is 26.0. The summed E-state index contributed by atoms with van der Waals surface area (Å²) in [5.74, 6) is 1.07. The SMILES string of the molecule is Cn1c(CN(C(=O)C2CCCCC2)c2ccc3sc(C(=O)NCCN4CCCC4)cc3c2)nc2ccccc21. The molecule has 2 aliphatic rings. The number of hydrogen-bond donors (Lipinski definition) is 1. The number of anilines is 1. The minimum Gasteiger partial charge on any atom is -0.350 e. The first-order valence-electron chi connectivity index (χ1n) is 14.3. The summed E-state index contributed by atoms with van der Waals surface area (Å²) in [5.41, 5.74) is 2.86. The number of hydrogen-bond acceptors (Lipinski definition) is 5. The Morgan fingerprint density at radius 2 is 1.82 bits per heavy atom. The molecule has 0 bridgehead atoms. The number of nitrogens with zero attached hydrogens (tertiary/aromatic N) is 4. The van der Waals surface area contributed by atoms with Crippen molar-refractivity contribution < 1.29 is 9.59 Å². The zero-order chi connectivity index (χ0) is 26.8. The van der Waals surface area contributed by atoms with Crippen molar-refractivity contribution in [1.29, 1.82) is 0 Å². The van der Waals surface area contributed by atoms with Crippen LogP contribution in [0.25, 0.3) is 21.1 Å². The molecule has 1 saturated carbocycles. The van der Waals surface area contributed by atoms with Crippen molar-refractivity contribution in [2.24, 2.45) is 13.0 Å². The van der Waals surface area contributed by atoms with Gasteiger partial charge >= 0.3 is 0 Å². The molecule has 2 fully saturated rings. The fourth-order valence-corrected chi connectivity index (χ4v) is 7.04. The quantitative estimate of drug-likeness (QED) is 0.308. The van der Waals surface area contributed by atoms with Crippen molar-refractivity contribution in [2.75, 3.05) is 31.1 Å². The van der Waals surface area contributed by atoms with Gasteiger partial charge in [0.2, 0.25) is 5.91 Å². The van der Waals surface area contributed by atoms with Crippen molar-refractivity contribution in [1.82, 2.24) is 19.8 Å². The molecule has 3 heterocycles. The molecular weight excluding hydrogens is 506 g/mol. The van der Waals surface area contributed by atoms with Crippen molar-refractivity contribution in [3.63, 3.8) is 0 Å². The maximum atomic E-state index is 13.9. The number of carbonyl (C=O) groups is 2. The highest BCUT2D eigenvalue weighted by Gasteiger charge is 2.28. The third-order valence-electron chi connectivity index (χ3n) is 8.35. The lowest BCUT2D eigenvalue weighted by Crippen LogP contribution is -2.37. The zero-order valence-corrected chi connectivity index (χ0v) is 23.5. The lowest BCUT2D eigenvalue weighted by atomic mass is 9.88. The highest BCUT2D eigenvalue weighted by atomic mass is 32.1. The molecular formula is C31H37N5O2S. The van der Waals surface area contributed by atoms with E-state index in [-0.39, 0.29) is 17.7 Å². The number of amides is 2. The summed E-state index contributed by atoms with van der Waals surface area (Å²) in [6.07, 6.45) is 7.82. The molecule has 2 amide bonds. The molecule has 1 aliphatic carbocycles. The van der Waals surface area contributed by atoms with Gasteiger partial charge in [-0.05, 0) is 80.6 Å². The molecule has 1 saturated heterocycles. The molecule has 1 N–H and O–H groups in total. The zero-order valence-electron chi connectivity index (χ0n) is 22.7. The molecule has 2 aromatic heterocycles. The molecule has 0 spiro atoms. The van der Waals surface area contributed by atoms with E-state index in [1.165, 1.54) is 30.6 Å². The number of likely N-dealkylation sites (tertiary alicyclic amines) is 1. The number of benzene rings is 2. The van der Waals surface area contributed by atoms with Crippen molar-refractivity contribution in [2.45, 2.75) is 51.5 Å². The number of nitrogens with one attached hydrogen (secondary N) is 1. The van der Waals surface area contributed by atoms with Crippen LogP contribution in [0.1, 0.15) is 60.4 Å². The number of rotatable bonds is 8. The third kappa shape index (κ3) is 5.58. The largest absolute Gasteiger partial charge is 0.350 e. The van der Waals surface area contributed by atoms with Gasteiger partial charge in [0.1, 0.15) is 5.82 Å². The third-order valence-corrected chi connectivity index (χ3v) is 9.46. The molecule has 6 rings (SSSR count). The van der Waals surface area contributed by atoms with E-state index < -0.39 is 0 Å². The van der Waals surface area contributed by atoms with Gasteiger partial charge in [-0.15, -0.1) is 11.3 Å². The predicted octanol–water partition coefficient (Wildman–Crippen LogP) is 5.73.